The number of aryl methyl sites for hydroxylation is 1. The van der Waals surface area contributed by atoms with Crippen molar-refractivity contribution >= 4 is 22.9 Å². The molecular formula is C8H6ClN3S. The first kappa shape index (κ1) is 8.59. The van der Waals surface area contributed by atoms with E-state index >= 15 is 0 Å². The third-order valence-electron chi connectivity index (χ3n) is 1.47. The van der Waals surface area contributed by atoms with Gasteiger partial charge >= 0.3 is 0 Å². The summed E-state index contributed by atoms with van der Waals surface area (Å²) in [6.07, 6.45) is 1.62. The molecule has 0 unspecified atom stereocenters. The van der Waals surface area contributed by atoms with Gasteiger partial charge in [-0.2, -0.15) is 0 Å². The molecule has 13 heavy (non-hydrogen) atoms. The van der Waals surface area contributed by atoms with Gasteiger partial charge in [0.05, 0.1) is 5.01 Å². The van der Waals surface area contributed by atoms with Crippen molar-refractivity contribution in [3.63, 3.8) is 0 Å². The molecule has 2 aromatic rings. The Morgan fingerprint density at radius 2 is 2.23 bits per heavy atom. The van der Waals surface area contributed by atoms with E-state index in [2.05, 4.69) is 15.0 Å². The maximum Gasteiger partial charge on any atom is 0.180 e. The molecule has 5 heteroatoms. The summed E-state index contributed by atoms with van der Waals surface area (Å²) in [5.41, 5.74) is 0.782. The number of nitrogens with zero attached hydrogens (tertiary/aromatic N) is 3. The molecule has 0 saturated heterocycles. The van der Waals surface area contributed by atoms with Gasteiger partial charge in [0.15, 0.2) is 5.82 Å². The maximum absolute atomic E-state index is 5.73. The second-order valence-electron chi connectivity index (χ2n) is 2.45. The smallest absolute Gasteiger partial charge is 0.180 e. The summed E-state index contributed by atoms with van der Waals surface area (Å²) in [5, 5.41) is 3.36. The largest absolute Gasteiger partial charge is 0.238 e. The van der Waals surface area contributed by atoms with Gasteiger partial charge < -0.3 is 0 Å². The minimum absolute atomic E-state index is 0.440. The molecule has 0 saturated carbocycles. The number of rotatable bonds is 1. The third-order valence-corrected chi connectivity index (χ3v) is 2.45. The van der Waals surface area contributed by atoms with Crippen LogP contribution in [0.2, 0.25) is 5.15 Å². The molecule has 0 aliphatic heterocycles. The topological polar surface area (TPSA) is 38.7 Å². The van der Waals surface area contributed by atoms with Crippen molar-refractivity contribution in [1.82, 2.24) is 15.0 Å². The minimum atomic E-state index is 0.440. The molecule has 3 nitrogen and oxygen atoms in total. The van der Waals surface area contributed by atoms with Crippen molar-refractivity contribution in [2.45, 2.75) is 6.92 Å². The lowest BCUT2D eigenvalue weighted by molar-refractivity contribution is 1.14. The summed E-state index contributed by atoms with van der Waals surface area (Å²) in [6, 6.07) is 1.64. The van der Waals surface area contributed by atoms with E-state index in [0.29, 0.717) is 11.0 Å². The van der Waals surface area contributed by atoms with Gasteiger partial charge in [-0.25, -0.2) is 15.0 Å². The van der Waals surface area contributed by atoms with Crippen LogP contribution in [-0.2, 0) is 0 Å². The van der Waals surface area contributed by atoms with Gasteiger partial charge in [0, 0.05) is 11.6 Å². The third kappa shape index (κ3) is 1.84. The number of halogens is 1. The van der Waals surface area contributed by atoms with Crippen LogP contribution in [0.3, 0.4) is 0 Å². The first-order valence-electron chi connectivity index (χ1n) is 3.67. The summed E-state index contributed by atoms with van der Waals surface area (Å²) in [7, 11) is 0. The normalized spacial score (nSPS) is 10.3. The van der Waals surface area contributed by atoms with E-state index in [1.807, 2.05) is 12.3 Å². The Hall–Kier alpha value is -1.00. The van der Waals surface area contributed by atoms with Crippen LogP contribution in [0.1, 0.15) is 5.01 Å². The molecule has 0 amide bonds. The summed E-state index contributed by atoms with van der Waals surface area (Å²) in [6.45, 7) is 1.94. The second-order valence-corrected chi connectivity index (χ2v) is 3.90. The van der Waals surface area contributed by atoms with Crippen molar-refractivity contribution in [1.29, 1.82) is 0 Å². The van der Waals surface area contributed by atoms with Crippen LogP contribution in [0, 0.1) is 6.92 Å². The molecule has 0 N–H and O–H groups in total. The van der Waals surface area contributed by atoms with Gasteiger partial charge in [-0.15, -0.1) is 11.3 Å². The lowest BCUT2D eigenvalue weighted by atomic mass is 10.4. The predicted octanol–water partition coefficient (Wildman–Crippen LogP) is 2.56. The Morgan fingerprint density at radius 1 is 1.38 bits per heavy atom. The molecule has 0 atom stereocenters. The Labute approximate surface area is 84.5 Å². The van der Waals surface area contributed by atoms with Crippen LogP contribution in [0.15, 0.2) is 17.6 Å². The van der Waals surface area contributed by atoms with Gasteiger partial charge in [0.2, 0.25) is 0 Å². The van der Waals surface area contributed by atoms with Crippen molar-refractivity contribution in [2.24, 2.45) is 0 Å². The van der Waals surface area contributed by atoms with Crippen molar-refractivity contribution in [3.05, 3.63) is 27.8 Å². The predicted molar refractivity (Wildman–Crippen MR) is 52.9 cm³/mol. The lowest BCUT2D eigenvalue weighted by Crippen LogP contribution is -1.88. The van der Waals surface area contributed by atoms with Crippen LogP contribution in [-0.4, -0.2) is 15.0 Å². The molecule has 0 radical (unpaired) electrons. The molecule has 2 aromatic heterocycles. The highest BCUT2D eigenvalue weighted by Gasteiger charge is 2.04. The Balaban J connectivity index is 2.46. The van der Waals surface area contributed by atoms with Crippen LogP contribution >= 0.6 is 22.9 Å². The molecule has 2 rings (SSSR count). The summed E-state index contributed by atoms with van der Waals surface area (Å²) in [4.78, 5) is 12.4. The molecule has 0 bridgehead atoms. The highest BCUT2D eigenvalue weighted by Crippen LogP contribution is 2.18. The van der Waals surface area contributed by atoms with Crippen LogP contribution < -0.4 is 0 Å². The van der Waals surface area contributed by atoms with Crippen molar-refractivity contribution in [2.75, 3.05) is 0 Å². The second kappa shape index (κ2) is 3.40. The zero-order valence-electron chi connectivity index (χ0n) is 6.86. The first-order valence-corrected chi connectivity index (χ1v) is 4.92. The van der Waals surface area contributed by atoms with E-state index in [4.69, 9.17) is 11.6 Å². The SMILES string of the molecule is Cc1nc(-c2nccc(Cl)n2)cs1. The first-order chi connectivity index (χ1) is 6.25. The fourth-order valence-corrected chi connectivity index (χ4v) is 1.65. The summed E-state index contributed by atoms with van der Waals surface area (Å²) >= 11 is 7.30. The van der Waals surface area contributed by atoms with Gasteiger partial charge in [-0.3, -0.25) is 0 Å². The number of thiazole rings is 1. The molecule has 66 valence electrons. The Bertz CT molecular complexity index is 427. The highest BCUT2D eigenvalue weighted by atomic mass is 35.5. The Morgan fingerprint density at radius 3 is 2.85 bits per heavy atom. The molecule has 0 aromatic carbocycles. The minimum Gasteiger partial charge on any atom is -0.238 e. The van der Waals surface area contributed by atoms with E-state index in [1.165, 1.54) is 0 Å². The fraction of sp³-hybridized carbons (Fsp3) is 0.125. The number of hydrogen-bond donors (Lipinski definition) is 0. The molecule has 0 aliphatic rings. The number of aromatic nitrogens is 3. The molecule has 0 spiro atoms. The van der Waals surface area contributed by atoms with Crippen LogP contribution in [0.25, 0.3) is 11.5 Å². The zero-order chi connectivity index (χ0) is 9.26. The quantitative estimate of drug-likeness (QED) is 0.681. The Kier molecular flexibility index (Phi) is 2.24. The molecule has 0 fully saturated rings. The van der Waals surface area contributed by atoms with Crippen molar-refractivity contribution in [3.8, 4) is 11.5 Å². The average molecular weight is 212 g/mol. The number of hydrogen-bond acceptors (Lipinski definition) is 4. The van der Waals surface area contributed by atoms with Crippen LogP contribution in [0.4, 0.5) is 0 Å². The monoisotopic (exact) mass is 211 g/mol. The fourth-order valence-electron chi connectivity index (χ4n) is 0.926. The van der Waals surface area contributed by atoms with E-state index in [1.54, 1.807) is 23.6 Å². The van der Waals surface area contributed by atoms with Gasteiger partial charge in [0.1, 0.15) is 10.8 Å². The molecule has 2 heterocycles. The lowest BCUT2D eigenvalue weighted by Gasteiger charge is -1.93. The van der Waals surface area contributed by atoms with E-state index < -0.39 is 0 Å². The zero-order valence-corrected chi connectivity index (χ0v) is 8.43. The summed E-state index contributed by atoms with van der Waals surface area (Å²) in [5.74, 6) is 0.580. The van der Waals surface area contributed by atoms with Gasteiger partial charge in [0.25, 0.3) is 0 Å². The molecular weight excluding hydrogens is 206 g/mol. The van der Waals surface area contributed by atoms with Gasteiger partial charge in [-0.05, 0) is 13.0 Å². The highest BCUT2D eigenvalue weighted by molar-refractivity contribution is 7.09. The average Bonchev–Trinajstić information content (AvgIpc) is 2.52. The standard InChI is InChI=1S/C8H6ClN3S/c1-5-11-6(4-13-5)8-10-3-2-7(9)12-8/h2-4H,1H3. The van der Waals surface area contributed by atoms with Gasteiger partial charge in [-0.1, -0.05) is 11.6 Å². The summed E-state index contributed by atoms with van der Waals surface area (Å²) < 4.78 is 0. The van der Waals surface area contributed by atoms with Crippen LogP contribution in [0.5, 0.6) is 0 Å². The van der Waals surface area contributed by atoms with E-state index in [0.717, 1.165) is 10.7 Å². The molecule has 0 aliphatic carbocycles. The van der Waals surface area contributed by atoms with Crippen molar-refractivity contribution < 1.29 is 0 Å². The van der Waals surface area contributed by atoms with E-state index in [9.17, 15) is 0 Å². The van der Waals surface area contributed by atoms with E-state index in [-0.39, 0.29) is 0 Å². The maximum atomic E-state index is 5.73.